The summed E-state index contributed by atoms with van der Waals surface area (Å²) in [5.41, 5.74) is 2.93. The largest absolute Gasteiger partial charge is 0.354 e. The van der Waals surface area contributed by atoms with Crippen molar-refractivity contribution in [2.45, 2.75) is 13.5 Å². The van der Waals surface area contributed by atoms with Crippen LogP contribution in [-0.2, 0) is 6.54 Å². The number of hydrogen-bond acceptors (Lipinski definition) is 2. The standard InChI is InChI=1S/C20H26N4O/c1-16-8-7-11-18(14-16)19(25)21-12-13-22-20(24(2)3)23-15-17-9-5-4-6-10-17/h4-11,14H,12-13,15H2,1-3H3,(H,21,25)(H,22,23). The molecule has 0 bridgehead atoms. The Bertz CT molecular complexity index is 711. The molecule has 0 unspecified atom stereocenters. The fourth-order valence-corrected chi connectivity index (χ4v) is 2.34. The topological polar surface area (TPSA) is 56.7 Å². The molecule has 1 amide bonds. The Morgan fingerprint density at radius 3 is 2.40 bits per heavy atom. The Kier molecular flexibility index (Phi) is 7.01. The molecule has 0 atom stereocenters. The molecule has 25 heavy (non-hydrogen) atoms. The van der Waals surface area contributed by atoms with E-state index in [1.54, 1.807) is 0 Å². The summed E-state index contributed by atoms with van der Waals surface area (Å²) in [6.07, 6.45) is 0. The number of nitrogens with one attached hydrogen (secondary N) is 2. The molecule has 5 nitrogen and oxygen atoms in total. The molecule has 0 radical (unpaired) electrons. The molecule has 132 valence electrons. The number of guanidine groups is 1. The van der Waals surface area contributed by atoms with E-state index in [0.29, 0.717) is 25.2 Å². The van der Waals surface area contributed by atoms with Gasteiger partial charge in [-0.1, -0.05) is 48.0 Å². The summed E-state index contributed by atoms with van der Waals surface area (Å²) in [4.78, 5) is 18.6. The highest BCUT2D eigenvalue weighted by Crippen LogP contribution is 2.03. The van der Waals surface area contributed by atoms with Gasteiger partial charge in [0.2, 0.25) is 0 Å². The van der Waals surface area contributed by atoms with Crippen LogP contribution in [0.5, 0.6) is 0 Å². The maximum absolute atomic E-state index is 12.1. The molecule has 2 aromatic carbocycles. The summed E-state index contributed by atoms with van der Waals surface area (Å²) in [6.45, 7) is 3.75. The second-order valence-electron chi connectivity index (χ2n) is 6.07. The van der Waals surface area contributed by atoms with Gasteiger partial charge in [-0.15, -0.1) is 0 Å². The van der Waals surface area contributed by atoms with E-state index in [1.165, 1.54) is 0 Å². The van der Waals surface area contributed by atoms with Crippen LogP contribution < -0.4 is 10.6 Å². The monoisotopic (exact) mass is 338 g/mol. The molecular weight excluding hydrogens is 312 g/mol. The van der Waals surface area contributed by atoms with Crippen LogP contribution in [-0.4, -0.2) is 44.0 Å². The van der Waals surface area contributed by atoms with Gasteiger partial charge in [0.15, 0.2) is 5.96 Å². The third-order valence-electron chi connectivity index (χ3n) is 3.65. The van der Waals surface area contributed by atoms with Crippen molar-refractivity contribution in [3.05, 3.63) is 71.3 Å². The number of amides is 1. The molecule has 0 aliphatic heterocycles. The third kappa shape index (κ3) is 6.30. The lowest BCUT2D eigenvalue weighted by Crippen LogP contribution is -2.41. The zero-order valence-electron chi connectivity index (χ0n) is 15.1. The number of carbonyl (C=O) groups is 1. The lowest BCUT2D eigenvalue weighted by Gasteiger charge is -2.18. The van der Waals surface area contributed by atoms with Crippen molar-refractivity contribution in [1.29, 1.82) is 0 Å². The first kappa shape index (κ1) is 18.5. The molecule has 2 rings (SSSR count). The van der Waals surface area contributed by atoms with Gasteiger partial charge in [-0.2, -0.15) is 0 Å². The normalized spacial score (nSPS) is 11.1. The molecule has 0 heterocycles. The highest BCUT2D eigenvalue weighted by molar-refractivity contribution is 5.94. The van der Waals surface area contributed by atoms with Crippen LogP contribution >= 0.6 is 0 Å². The van der Waals surface area contributed by atoms with E-state index in [4.69, 9.17) is 0 Å². The van der Waals surface area contributed by atoms with Gasteiger partial charge in [-0.25, -0.2) is 4.99 Å². The fourth-order valence-electron chi connectivity index (χ4n) is 2.34. The van der Waals surface area contributed by atoms with Crippen LogP contribution in [0, 0.1) is 6.92 Å². The second kappa shape index (κ2) is 9.47. The maximum atomic E-state index is 12.1. The van der Waals surface area contributed by atoms with Crippen LogP contribution in [0.25, 0.3) is 0 Å². The van der Waals surface area contributed by atoms with Gasteiger partial charge in [0.05, 0.1) is 6.54 Å². The van der Waals surface area contributed by atoms with E-state index in [9.17, 15) is 4.79 Å². The smallest absolute Gasteiger partial charge is 0.251 e. The average Bonchev–Trinajstić information content (AvgIpc) is 2.61. The minimum atomic E-state index is -0.0573. The summed E-state index contributed by atoms with van der Waals surface area (Å²) in [6, 6.07) is 17.7. The molecule has 0 saturated carbocycles. The number of aliphatic imine (C=N–C) groups is 1. The van der Waals surface area contributed by atoms with Crippen molar-refractivity contribution in [1.82, 2.24) is 15.5 Å². The number of nitrogens with zero attached hydrogens (tertiary/aromatic N) is 2. The van der Waals surface area contributed by atoms with E-state index >= 15 is 0 Å². The molecule has 0 aliphatic rings. The SMILES string of the molecule is Cc1cccc(C(=O)NCCNC(=NCc2ccccc2)N(C)C)c1. The second-order valence-corrected chi connectivity index (χ2v) is 6.07. The number of benzene rings is 2. The summed E-state index contributed by atoms with van der Waals surface area (Å²) >= 11 is 0. The predicted molar refractivity (Wildman–Crippen MR) is 103 cm³/mol. The third-order valence-corrected chi connectivity index (χ3v) is 3.65. The molecule has 0 aliphatic carbocycles. The average molecular weight is 338 g/mol. The first-order valence-corrected chi connectivity index (χ1v) is 8.40. The van der Waals surface area contributed by atoms with Crippen molar-refractivity contribution in [3.8, 4) is 0 Å². The first-order valence-electron chi connectivity index (χ1n) is 8.40. The number of rotatable bonds is 6. The zero-order chi connectivity index (χ0) is 18.1. The number of carbonyl (C=O) groups excluding carboxylic acids is 1. The number of hydrogen-bond donors (Lipinski definition) is 2. The molecule has 2 N–H and O–H groups in total. The Morgan fingerprint density at radius 2 is 1.72 bits per heavy atom. The van der Waals surface area contributed by atoms with Gasteiger partial charge in [0.25, 0.3) is 5.91 Å². The highest BCUT2D eigenvalue weighted by atomic mass is 16.1. The molecule has 5 heteroatoms. The zero-order valence-corrected chi connectivity index (χ0v) is 15.1. The van der Waals surface area contributed by atoms with Crippen molar-refractivity contribution in [3.63, 3.8) is 0 Å². The van der Waals surface area contributed by atoms with Gasteiger partial charge in [-0.3, -0.25) is 4.79 Å². The maximum Gasteiger partial charge on any atom is 0.251 e. The van der Waals surface area contributed by atoms with Crippen LogP contribution in [0.2, 0.25) is 0 Å². The van der Waals surface area contributed by atoms with Crippen molar-refractivity contribution in [2.24, 2.45) is 4.99 Å². The quantitative estimate of drug-likeness (QED) is 0.483. The van der Waals surface area contributed by atoms with E-state index < -0.39 is 0 Å². The molecule has 0 spiro atoms. The van der Waals surface area contributed by atoms with Crippen LogP contribution in [0.15, 0.2) is 59.6 Å². The van der Waals surface area contributed by atoms with Crippen molar-refractivity contribution < 1.29 is 4.79 Å². The summed E-state index contributed by atoms with van der Waals surface area (Å²) in [5.74, 6) is 0.742. The van der Waals surface area contributed by atoms with E-state index in [2.05, 4.69) is 27.8 Å². The summed E-state index contributed by atoms with van der Waals surface area (Å²) in [5, 5.41) is 6.19. The summed E-state index contributed by atoms with van der Waals surface area (Å²) < 4.78 is 0. The first-order chi connectivity index (χ1) is 12.1. The Hall–Kier alpha value is -2.82. The number of aryl methyl sites for hydroxylation is 1. The van der Waals surface area contributed by atoms with Crippen LogP contribution in [0.3, 0.4) is 0 Å². The molecule has 0 saturated heterocycles. The van der Waals surface area contributed by atoms with Gasteiger partial charge in [0, 0.05) is 32.7 Å². The van der Waals surface area contributed by atoms with Crippen molar-refractivity contribution >= 4 is 11.9 Å². The van der Waals surface area contributed by atoms with E-state index in [-0.39, 0.29) is 5.91 Å². The van der Waals surface area contributed by atoms with Crippen LogP contribution in [0.4, 0.5) is 0 Å². The van der Waals surface area contributed by atoms with E-state index in [0.717, 1.165) is 17.1 Å². The summed E-state index contributed by atoms with van der Waals surface area (Å²) in [7, 11) is 3.89. The van der Waals surface area contributed by atoms with Gasteiger partial charge < -0.3 is 15.5 Å². The Balaban J connectivity index is 1.80. The van der Waals surface area contributed by atoms with E-state index in [1.807, 2.05) is 68.4 Å². The predicted octanol–water partition coefficient (Wildman–Crippen LogP) is 2.43. The fraction of sp³-hybridized carbons (Fsp3) is 0.300. The van der Waals surface area contributed by atoms with Gasteiger partial charge in [0.1, 0.15) is 0 Å². The Labute approximate surface area is 149 Å². The van der Waals surface area contributed by atoms with Gasteiger partial charge in [-0.05, 0) is 24.6 Å². The minimum Gasteiger partial charge on any atom is -0.354 e. The molecule has 0 fully saturated rings. The lowest BCUT2D eigenvalue weighted by molar-refractivity contribution is 0.0954. The highest BCUT2D eigenvalue weighted by Gasteiger charge is 2.05. The Morgan fingerprint density at radius 1 is 1.00 bits per heavy atom. The van der Waals surface area contributed by atoms with Crippen LogP contribution in [0.1, 0.15) is 21.5 Å². The molecule has 2 aromatic rings. The minimum absolute atomic E-state index is 0.0573. The molecule has 0 aromatic heterocycles. The van der Waals surface area contributed by atoms with Crippen molar-refractivity contribution in [2.75, 3.05) is 27.2 Å². The lowest BCUT2D eigenvalue weighted by atomic mass is 10.1. The van der Waals surface area contributed by atoms with Gasteiger partial charge >= 0.3 is 0 Å². The molecular formula is C20H26N4O.